The lowest BCUT2D eigenvalue weighted by molar-refractivity contribution is -0.138. The molecule has 0 spiro atoms. The normalized spacial score (nSPS) is 19.2. The molecule has 1 fully saturated rings. The van der Waals surface area contributed by atoms with Crippen LogP contribution in [-0.2, 0) is 11.2 Å². The van der Waals surface area contributed by atoms with Crippen molar-refractivity contribution in [3.8, 4) is 0 Å². The van der Waals surface area contributed by atoms with Gasteiger partial charge in [-0.25, -0.2) is 0 Å². The second-order valence-electron chi connectivity index (χ2n) is 5.94. The average Bonchev–Trinajstić information content (AvgIpc) is 2.96. The number of hydrogen-bond acceptors (Lipinski definition) is 3. The number of hydrogen-bond donors (Lipinski definition) is 2. The van der Waals surface area contributed by atoms with Crippen molar-refractivity contribution in [3.05, 3.63) is 53.3 Å². The number of carboxylic acid groups (broad SMARTS) is 1. The number of aromatic amines is 1. The Balaban J connectivity index is 1.72. The molecule has 3 rings (SSSR count). The summed E-state index contributed by atoms with van der Waals surface area (Å²) in [4.78, 5) is 12.9. The molecule has 0 aliphatic carbocycles. The van der Waals surface area contributed by atoms with Gasteiger partial charge in [-0.2, -0.15) is 5.10 Å². The fourth-order valence-corrected chi connectivity index (χ4v) is 3.26. The van der Waals surface area contributed by atoms with Gasteiger partial charge in [0.05, 0.1) is 12.7 Å². The van der Waals surface area contributed by atoms with E-state index in [0.717, 1.165) is 32.4 Å². The van der Waals surface area contributed by atoms with Gasteiger partial charge in [0.25, 0.3) is 0 Å². The largest absolute Gasteiger partial charge is 0.480 e. The zero-order chi connectivity index (χ0) is 15.4. The fraction of sp³-hybridized carbons (Fsp3) is 0.412. The number of carbonyl (C=O) groups is 1. The van der Waals surface area contributed by atoms with E-state index < -0.39 is 5.97 Å². The van der Waals surface area contributed by atoms with Gasteiger partial charge in [0, 0.05) is 24.6 Å². The lowest BCUT2D eigenvalue weighted by Gasteiger charge is -2.31. The third-order valence-electron chi connectivity index (χ3n) is 4.26. The third-order valence-corrected chi connectivity index (χ3v) is 4.26. The van der Waals surface area contributed by atoms with Gasteiger partial charge in [-0.15, -0.1) is 0 Å². The third kappa shape index (κ3) is 3.54. The van der Waals surface area contributed by atoms with E-state index in [0.29, 0.717) is 5.92 Å². The Morgan fingerprint density at radius 1 is 1.36 bits per heavy atom. The van der Waals surface area contributed by atoms with Crippen LogP contribution < -0.4 is 0 Å². The molecule has 22 heavy (non-hydrogen) atoms. The van der Waals surface area contributed by atoms with E-state index in [1.807, 2.05) is 29.3 Å². The zero-order valence-corrected chi connectivity index (χ0v) is 12.5. The van der Waals surface area contributed by atoms with Crippen molar-refractivity contribution in [2.75, 3.05) is 19.6 Å². The molecule has 2 heterocycles. The minimum atomic E-state index is -0.755. The number of aliphatic carboxylic acids is 1. The minimum absolute atomic E-state index is 0.124. The molecule has 0 amide bonds. The number of rotatable bonds is 5. The molecule has 116 valence electrons. The summed E-state index contributed by atoms with van der Waals surface area (Å²) in [5.74, 6) is -0.413. The molecule has 5 heteroatoms. The number of benzene rings is 1. The van der Waals surface area contributed by atoms with Crippen LogP contribution in [0.4, 0.5) is 0 Å². The monoisotopic (exact) mass is 299 g/mol. The Bertz CT molecular complexity index is 624. The van der Waals surface area contributed by atoms with Crippen molar-refractivity contribution < 1.29 is 9.90 Å². The highest BCUT2D eigenvalue weighted by atomic mass is 16.4. The fourth-order valence-electron chi connectivity index (χ4n) is 3.26. The summed E-state index contributed by atoms with van der Waals surface area (Å²) < 4.78 is 0. The number of aromatic nitrogens is 2. The number of H-pyrrole nitrogens is 1. The first-order valence-corrected chi connectivity index (χ1v) is 7.72. The summed E-state index contributed by atoms with van der Waals surface area (Å²) in [6.07, 6.45) is 4.88. The zero-order valence-electron chi connectivity index (χ0n) is 12.5. The Kier molecular flexibility index (Phi) is 4.53. The van der Waals surface area contributed by atoms with Crippen molar-refractivity contribution in [1.82, 2.24) is 15.1 Å². The highest BCUT2D eigenvalue weighted by Crippen LogP contribution is 2.28. The molecule has 0 radical (unpaired) electrons. The van der Waals surface area contributed by atoms with Crippen molar-refractivity contribution in [1.29, 1.82) is 0 Å². The number of nitrogens with one attached hydrogen (secondary N) is 1. The van der Waals surface area contributed by atoms with E-state index >= 15 is 0 Å². The summed E-state index contributed by atoms with van der Waals surface area (Å²) in [6, 6.07) is 10.3. The Hall–Kier alpha value is -2.14. The van der Waals surface area contributed by atoms with Crippen LogP contribution in [0.5, 0.6) is 0 Å². The maximum atomic E-state index is 10.9. The molecular formula is C17H21N3O2. The van der Waals surface area contributed by atoms with E-state index in [9.17, 15) is 4.79 Å². The van der Waals surface area contributed by atoms with Gasteiger partial charge in [0.15, 0.2) is 0 Å². The minimum Gasteiger partial charge on any atom is -0.480 e. The first-order valence-electron chi connectivity index (χ1n) is 7.72. The van der Waals surface area contributed by atoms with Crippen LogP contribution >= 0.6 is 0 Å². The summed E-state index contributed by atoms with van der Waals surface area (Å²) in [7, 11) is 0. The first-order chi connectivity index (χ1) is 10.7. The second kappa shape index (κ2) is 6.75. The predicted octanol–water partition coefficient (Wildman–Crippen LogP) is 2.26. The molecule has 0 bridgehead atoms. The van der Waals surface area contributed by atoms with E-state index in [-0.39, 0.29) is 6.54 Å². The van der Waals surface area contributed by atoms with Gasteiger partial charge < -0.3 is 5.11 Å². The van der Waals surface area contributed by atoms with Crippen LogP contribution in [0.15, 0.2) is 36.5 Å². The molecule has 5 nitrogen and oxygen atoms in total. The molecule has 1 aromatic carbocycles. The van der Waals surface area contributed by atoms with Crippen LogP contribution in [0, 0.1) is 0 Å². The molecule has 1 aliphatic rings. The Labute approximate surface area is 130 Å². The van der Waals surface area contributed by atoms with Gasteiger partial charge >= 0.3 is 5.97 Å². The van der Waals surface area contributed by atoms with E-state index in [4.69, 9.17) is 5.11 Å². The average molecular weight is 299 g/mol. The van der Waals surface area contributed by atoms with Crippen LogP contribution in [0.3, 0.4) is 0 Å². The van der Waals surface area contributed by atoms with E-state index in [1.165, 1.54) is 16.8 Å². The quantitative estimate of drug-likeness (QED) is 0.888. The van der Waals surface area contributed by atoms with E-state index in [2.05, 4.69) is 22.3 Å². The maximum Gasteiger partial charge on any atom is 0.317 e. The number of carboxylic acids is 1. The summed E-state index contributed by atoms with van der Waals surface area (Å²) in [6.45, 7) is 1.78. The number of likely N-dealkylation sites (tertiary alicyclic amines) is 1. The number of nitrogens with zero attached hydrogens (tertiary/aromatic N) is 2. The van der Waals surface area contributed by atoms with Crippen LogP contribution in [0.2, 0.25) is 0 Å². The summed E-state index contributed by atoms with van der Waals surface area (Å²) in [5, 5.41) is 16.3. The van der Waals surface area contributed by atoms with Gasteiger partial charge in [-0.1, -0.05) is 30.3 Å². The maximum absolute atomic E-state index is 10.9. The molecular weight excluding hydrogens is 278 g/mol. The standard InChI is InChI=1S/C17H21N3O2/c21-16(22)12-20-8-4-7-14(11-20)17-15(10-18-19-17)9-13-5-2-1-3-6-13/h1-3,5-6,10,14H,4,7-9,11-12H2,(H,18,19)(H,21,22). The van der Waals surface area contributed by atoms with E-state index in [1.54, 1.807) is 0 Å². The molecule has 2 N–H and O–H groups in total. The van der Waals surface area contributed by atoms with Crippen molar-refractivity contribution >= 4 is 5.97 Å². The predicted molar refractivity (Wildman–Crippen MR) is 83.9 cm³/mol. The summed E-state index contributed by atoms with van der Waals surface area (Å²) in [5.41, 5.74) is 3.65. The lowest BCUT2D eigenvalue weighted by atomic mass is 9.91. The topological polar surface area (TPSA) is 69.2 Å². The Morgan fingerprint density at radius 2 is 2.18 bits per heavy atom. The van der Waals surface area contributed by atoms with Gasteiger partial charge in [0.2, 0.25) is 0 Å². The molecule has 0 saturated carbocycles. The molecule has 2 aromatic rings. The molecule has 1 saturated heterocycles. The molecule has 1 aromatic heterocycles. The molecule has 1 unspecified atom stereocenters. The van der Waals surface area contributed by atoms with Gasteiger partial charge in [0.1, 0.15) is 0 Å². The van der Waals surface area contributed by atoms with Crippen LogP contribution in [0.1, 0.15) is 35.6 Å². The SMILES string of the molecule is O=C(O)CN1CCCC(c2[nH]ncc2Cc2ccccc2)C1. The lowest BCUT2D eigenvalue weighted by Crippen LogP contribution is -2.38. The van der Waals surface area contributed by atoms with Crippen LogP contribution in [0.25, 0.3) is 0 Å². The summed E-state index contributed by atoms with van der Waals surface area (Å²) >= 11 is 0. The van der Waals surface area contributed by atoms with Gasteiger partial charge in [-0.3, -0.25) is 14.8 Å². The first kappa shape index (κ1) is 14.8. The smallest absolute Gasteiger partial charge is 0.317 e. The number of piperidine rings is 1. The molecule has 1 aliphatic heterocycles. The van der Waals surface area contributed by atoms with Crippen LogP contribution in [-0.4, -0.2) is 45.8 Å². The van der Waals surface area contributed by atoms with Crippen molar-refractivity contribution in [2.24, 2.45) is 0 Å². The highest BCUT2D eigenvalue weighted by molar-refractivity contribution is 5.69. The van der Waals surface area contributed by atoms with Crippen molar-refractivity contribution in [2.45, 2.75) is 25.2 Å². The van der Waals surface area contributed by atoms with Crippen molar-refractivity contribution in [3.63, 3.8) is 0 Å². The van der Waals surface area contributed by atoms with Gasteiger partial charge in [-0.05, 0) is 30.5 Å². The Morgan fingerprint density at radius 3 is 2.95 bits per heavy atom. The highest BCUT2D eigenvalue weighted by Gasteiger charge is 2.25. The molecule has 1 atom stereocenters. The second-order valence-corrected chi connectivity index (χ2v) is 5.94.